The molecule has 0 saturated heterocycles. The lowest BCUT2D eigenvalue weighted by molar-refractivity contribution is -0.142. The van der Waals surface area contributed by atoms with Crippen molar-refractivity contribution in [3.63, 3.8) is 0 Å². The number of hydrogen-bond acceptors (Lipinski definition) is 5. The van der Waals surface area contributed by atoms with Gasteiger partial charge in [0.25, 0.3) is 0 Å². The van der Waals surface area contributed by atoms with E-state index in [1.165, 1.54) is 6.92 Å². The summed E-state index contributed by atoms with van der Waals surface area (Å²) in [6.45, 7) is 9.44. The molecule has 0 bridgehead atoms. The minimum Gasteiger partial charge on any atom is -0.463 e. The Morgan fingerprint density at radius 2 is 1.44 bits per heavy atom. The SMILES string of the molecule is CCC(C)COCCOCCOCCOC(C)=O. The largest absolute Gasteiger partial charge is 0.463 e. The van der Waals surface area contributed by atoms with Gasteiger partial charge in [0, 0.05) is 13.5 Å². The number of hydrogen-bond donors (Lipinski definition) is 0. The zero-order valence-electron chi connectivity index (χ0n) is 11.8. The van der Waals surface area contributed by atoms with Gasteiger partial charge in [0.1, 0.15) is 6.61 Å². The summed E-state index contributed by atoms with van der Waals surface area (Å²) in [6, 6.07) is 0. The highest BCUT2D eigenvalue weighted by Gasteiger charge is 1.98. The third-order valence-electron chi connectivity index (χ3n) is 2.38. The highest BCUT2D eigenvalue weighted by Crippen LogP contribution is 1.99. The molecule has 1 unspecified atom stereocenters. The fraction of sp³-hybridized carbons (Fsp3) is 0.923. The van der Waals surface area contributed by atoms with Gasteiger partial charge < -0.3 is 18.9 Å². The molecule has 5 nitrogen and oxygen atoms in total. The lowest BCUT2D eigenvalue weighted by Gasteiger charge is -2.09. The molecule has 108 valence electrons. The quantitative estimate of drug-likeness (QED) is 0.395. The van der Waals surface area contributed by atoms with Crippen LogP contribution in [-0.4, -0.2) is 52.2 Å². The normalized spacial score (nSPS) is 12.4. The maximum absolute atomic E-state index is 10.4. The third kappa shape index (κ3) is 13.4. The van der Waals surface area contributed by atoms with E-state index in [1.807, 2.05) is 0 Å². The van der Waals surface area contributed by atoms with Gasteiger partial charge in [0.2, 0.25) is 0 Å². The Bertz CT molecular complexity index is 196. The molecule has 0 rings (SSSR count). The molecule has 0 aliphatic rings. The van der Waals surface area contributed by atoms with Gasteiger partial charge in [-0.1, -0.05) is 20.3 Å². The molecule has 0 aliphatic carbocycles. The minimum atomic E-state index is -0.284. The summed E-state index contributed by atoms with van der Waals surface area (Å²) in [6.07, 6.45) is 1.14. The summed E-state index contributed by atoms with van der Waals surface area (Å²) < 4.78 is 20.7. The van der Waals surface area contributed by atoms with Crippen LogP contribution in [0.5, 0.6) is 0 Å². The second-order valence-electron chi connectivity index (χ2n) is 4.15. The first-order valence-corrected chi connectivity index (χ1v) is 6.53. The topological polar surface area (TPSA) is 54.0 Å². The molecule has 18 heavy (non-hydrogen) atoms. The van der Waals surface area contributed by atoms with E-state index in [4.69, 9.17) is 18.9 Å². The highest BCUT2D eigenvalue weighted by atomic mass is 16.6. The van der Waals surface area contributed by atoms with Crippen LogP contribution in [-0.2, 0) is 23.7 Å². The van der Waals surface area contributed by atoms with Crippen molar-refractivity contribution < 1.29 is 23.7 Å². The van der Waals surface area contributed by atoms with E-state index in [0.29, 0.717) is 45.6 Å². The minimum absolute atomic E-state index is 0.284. The first kappa shape index (κ1) is 17.4. The van der Waals surface area contributed by atoms with Gasteiger partial charge in [-0.3, -0.25) is 4.79 Å². The van der Waals surface area contributed by atoms with Gasteiger partial charge in [-0.15, -0.1) is 0 Å². The van der Waals surface area contributed by atoms with E-state index in [-0.39, 0.29) is 5.97 Å². The molecule has 0 N–H and O–H groups in total. The second-order valence-corrected chi connectivity index (χ2v) is 4.15. The van der Waals surface area contributed by atoms with Crippen molar-refractivity contribution in [1.82, 2.24) is 0 Å². The number of carbonyl (C=O) groups excluding carboxylic acids is 1. The van der Waals surface area contributed by atoms with Crippen LogP contribution in [0.25, 0.3) is 0 Å². The van der Waals surface area contributed by atoms with E-state index < -0.39 is 0 Å². The van der Waals surface area contributed by atoms with Crippen LogP contribution in [0.4, 0.5) is 0 Å². The van der Waals surface area contributed by atoms with Crippen LogP contribution >= 0.6 is 0 Å². The number of esters is 1. The molecule has 0 aromatic heterocycles. The zero-order chi connectivity index (χ0) is 13.6. The van der Waals surface area contributed by atoms with Crippen LogP contribution in [0, 0.1) is 5.92 Å². The van der Waals surface area contributed by atoms with Gasteiger partial charge in [0.05, 0.1) is 33.0 Å². The monoisotopic (exact) mass is 262 g/mol. The maximum Gasteiger partial charge on any atom is 0.302 e. The van der Waals surface area contributed by atoms with E-state index >= 15 is 0 Å². The predicted molar refractivity (Wildman–Crippen MR) is 68.5 cm³/mol. The number of ether oxygens (including phenoxy) is 4. The Hall–Kier alpha value is -0.650. The van der Waals surface area contributed by atoms with Crippen LogP contribution < -0.4 is 0 Å². The summed E-state index contributed by atoms with van der Waals surface area (Å²) in [5.41, 5.74) is 0. The van der Waals surface area contributed by atoms with Crippen LogP contribution in [0.3, 0.4) is 0 Å². The third-order valence-corrected chi connectivity index (χ3v) is 2.38. The highest BCUT2D eigenvalue weighted by molar-refractivity contribution is 5.65. The standard InChI is InChI=1S/C13H26O5/c1-4-12(2)11-17-8-7-15-5-6-16-9-10-18-13(3)14/h12H,4-11H2,1-3H3. The smallest absolute Gasteiger partial charge is 0.302 e. The average Bonchev–Trinajstić information content (AvgIpc) is 2.35. The van der Waals surface area contributed by atoms with Gasteiger partial charge in [-0.2, -0.15) is 0 Å². The van der Waals surface area contributed by atoms with Crippen LogP contribution in [0.15, 0.2) is 0 Å². The van der Waals surface area contributed by atoms with Crippen LogP contribution in [0.1, 0.15) is 27.2 Å². The molecule has 0 saturated carbocycles. The average molecular weight is 262 g/mol. The van der Waals surface area contributed by atoms with E-state index in [2.05, 4.69) is 13.8 Å². The molecular formula is C13H26O5. The van der Waals surface area contributed by atoms with Crippen molar-refractivity contribution in [1.29, 1.82) is 0 Å². The summed E-state index contributed by atoms with van der Waals surface area (Å²) in [4.78, 5) is 10.4. The van der Waals surface area contributed by atoms with Crippen molar-refractivity contribution >= 4 is 5.97 Å². The van der Waals surface area contributed by atoms with Gasteiger partial charge in [0.15, 0.2) is 0 Å². The Morgan fingerprint density at radius 1 is 0.944 bits per heavy atom. The fourth-order valence-corrected chi connectivity index (χ4v) is 1.09. The molecule has 0 aromatic carbocycles. The number of carbonyl (C=O) groups is 1. The summed E-state index contributed by atoms with van der Waals surface area (Å²) in [5.74, 6) is 0.322. The molecule has 0 aromatic rings. The molecule has 0 aliphatic heterocycles. The van der Waals surface area contributed by atoms with Crippen LogP contribution in [0.2, 0.25) is 0 Å². The molecule has 1 atom stereocenters. The number of rotatable bonds is 12. The van der Waals surface area contributed by atoms with E-state index in [9.17, 15) is 4.79 Å². The lowest BCUT2D eigenvalue weighted by atomic mass is 10.1. The summed E-state index contributed by atoms with van der Waals surface area (Å²) in [5, 5.41) is 0. The Balaban J connectivity index is 3.01. The van der Waals surface area contributed by atoms with Crippen molar-refractivity contribution in [2.75, 3.05) is 46.2 Å². The van der Waals surface area contributed by atoms with Gasteiger partial charge in [-0.25, -0.2) is 0 Å². The second kappa shape index (κ2) is 12.8. The molecule has 0 heterocycles. The molecule has 0 spiro atoms. The molecule has 5 heteroatoms. The van der Waals surface area contributed by atoms with Crippen molar-refractivity contribution in [2.45, 2.75) is 27.2 Å². The Labute approximate surface area is 110 Å². The van der Waals surface area contributed by atoms with Gasteiger partial charge >= 0.3 is 5.97 Å². The fourth-order valence-electron chi connectivity index (χ4n) is 1.09. The maximum atomic E-state index is 10.4. The summed E-state index contributed by atoms with van der Waals surface area (Å²) >= 11 is 0. The predicted octanol–water partition coefficient (Wildman–Crippen LogP) is 1.65. The first-order valence-electron chi connectivity index (χ1n) is 6.53. The van der Waals surface area contributed by atoms with Gasteiger partial charge in [-0.05, 0) is 5.92 Å². The molecule has 0 amide bonds. The molecule has 0 radical (unpaired) electrons. The molecular weight excluding hydrogens is 236 g/mol. The van der Waals surface area contributed by atoms with Crippen molar-refractivity contribution in [3.8, 4) is 0 Å². The Morgan fingerprint density at radius 3 is 1.94 bits per heavy atom. The summed E-state index contributed by atoms with van der Waals surface area (Å²) in [7, 11) is 0. The van der Waals surface area contributed by atoms with Crippen molar-refractivity contribution in [2.24, 2.45) is 5.92 Å². The lowest BCUT2D eigenvalue weighted by Crippen LogP contribution is -2.14. The zero-order valence-corrected chi connectivity index (χ0v) is 11.8. The molecule has 0 fully saturated rings. The Kier molecular flexibility index (Phi) is 12.3. The van der Waals surface area contributed by atoms with Crippen molar-refractivity contribution in [3.05, 3.63) is 0 Å². The van der Waals surface area contributed by atoms with E-state index in [0.717, 1.165) is 13.0 Å². The first-order chi connectivity index (χ1) is 8.66. The van der Waals surface area contributed by atoms with E-state index in [1.54, 1.807) is 0 Å².